The summed E-state index contributed by atoms with van der Waals surface area (Å²) in [5.41, 5.74) is 1.32. The molecule has 6 rings (SSSR count). The molecule has 5 aromatic rings. The normalized spacial score (nSPS) is 18.6. The zero-order valence-electron chi connectivity index (χ0n) is 24.1. The lowest BCUT2D eigenvalue weighted by atomic mass is 9.80. The van der Waals surface area contributed by atoms with Gasteiger partial charge in [0.1, 0.15) is 23.2 Å². The first-order valence-corrected chi connectivity index (χ1v) is 15.1. The van der Waals surface area contributed by atoms with Gasteiger partial charge in [-0.1, -0.05) is 54.6 Å². The molecule has 12 heteroatoms. The molecule has 3 aromatic carbocycles. The van der Waals surface area contributed by atoms with E-state index in [0.29, 0.717) is 23.7 Å². The summed E-state index contributed by atoms with van der Waals surface area (Å²) in [6.45, 7) is 0.114. The Labute approximate surface area is 254 Å². The summed E-state index contributed by atoms with van der Waals surface area (Å²) in [7, 11) is 0.560. The van der Waals surface area contributed by atoms with E-state index >= 15 is 0 Å². The number of aromatic nitrogens is 3. The maximum atomic E-state index is 12.4. The molecule has 228 valence electrons. The Bertz CT molecular complexity index is 1690. The van der Waals surface area contributed by atoms with Crippen molar-refractivity contribution in [3.05, 3.63) is 131 Å². The topological polar surface area (TPSA) is 126 Å². The predicted octanol–water partition coefficient (Wildman–Crippen LogP) is 4.41. The van der Waals surface area contributed by atoms with Crippen molar-refractivity contribution in [2.24, 2.45) is 0 Å². The van der Waals surface area contributed by atoms with Gasteiger partial charge in [0.15, 0.2) is 6.23 Å². The second-order valence-corrected chi connectivity index (χ2v) is 11.0. The Morgan fingerprint density at radius 3 is 2.09 bits per heavy atom. The smallest absolute Gasteiger partial charge is 0.327 e. The van der Waals surface area contributed by atoms with E-state index in [2.05, 4.69) is 4.98 Å². The molecule has 0 bridgehead atoms. The molecular weight excluding hydrogens is 585 g/mol. The summed E-state index contributed by atoms with van der Waals surface area (Å²) < 4.78 is 32.9. The van der Waals surface area contributed by atoms with Crippen molar-refractivity contribution in [1.29, 1.82) is 0 Å². The van der Waals surface area contributed by atoms with Crippen LogP contribution in [0.3, 0.4) is 0 Å². The molecule has 1 aliphatic rings. The van der Waals surface area contributed by atoms with E-state index in [-0.39, 0.29) is 12.2 Å². The number of ether oxygens (including phenoxy) is 4. The monoisotopic (exact) mass is 617 g/mol. The van der Waals surface area contributed by atoms with Crippen molar-refractivity contribution < 1.29 is 33.3 Å². The standard InChI is InChI=1S/C32H32N3O8P/c1-39-25-12-8-23(9-13-25)32(22-6-4-3-5-7-22,24-10-14-26(40-2)15-11-24)41-21-27-20-28(43-44(37)38)30(42-27)35-18-16-29(36)34-19-17-33-31(34)35/h3-19,27-28,30,37-38H,20-21H2,1-2H3/t27-,28+,30+/m0/s1. The third-order valence-corrected chi connectivity index (χ3v) is 8.23. The summed E-state index contributed by atoms with van der Waals surface area (Å²) in [6.07, 6.45) is 2.86. The number of nitrogens with zero attached hydrogens (tertiary/aromatic N) is 3. The van der Waals surface area contributed by atoms with Crippen LogP contribution < -0.4 is 15.0 Å². The van der Waals surface area contributed by atoms with Gasteiger partial charge in [0.25, 0.3) is 5.56 Å². The van der Waals surface area contributed by atoms with Crippen molar-refractivity contribution in [3.63, 3.8) is 0 Å². The largest absolute Gasteiger partial charge is 0.497 e. The summed E-state index contributed by atoms with van der Waals surface area (Å²) in [5, 5.41) is 0. The number of hydrogen-bond acceptors (Lipinski definition) is 9. The van der Waals surface area contributed by atoms with Crippen molar-refractivity contribution in [1.82, 2.24) is 14.0 Å². The predicted molar refractivity (Wildman–Crippen MR) is 162 cm³/mol. The second-order valence-electron chi connectivity index (χ2n) is 10.3. The molecular formula is C32H32N3O8P. The minimum atomic E-state index is -2.68. The molecule has 1 aliphatic heterocycles. The zero-order chi connectivity index (χ0) is 30.7. The number of fused-ring (bicyclic) bond motifs is 1. The van der Waals surface area contributed by atoms with Gasteiger partial charge in [0, 0.05) is 31.1 Å². The highest BCUT2D eigenvalue weighted by Gasteiger charge is 2.43. The quantitative estimate of drug-likeness (QED) is 0.164. The van der Waals surface area contributed by atoms with Crippen molar-refractivity contribution >= 4 is 14.4 Å². The molecule has 1 fully saturated rings. The van der Waals surface area contributed by atoms with Crippen LogP contribution in [0.15, 0.2) is 108 Å². The van der Waals surface area contributed by atoms with Gasteiger partial charge in [-0.3, -0.25) is 13.8 Å². The molecule has 0 spiro atoms. The van der Waals surface area contributed by atoms with Crippen LogP contribution in [0.1, 0.15) is 29.3 Å². The average Bonchev–Trinajstić information content (AvgIpc) is 3.71. The van der Waals surface area contributed by atoms with Crippen LogP contribution in [-0.2, 0) is 19.6 Å². The summed E-state index contributed by atoms with van der Waals surface area (Å²) in [4.78, 5) is 36.2. The molecule has 44 heavy (non-hydrogen) atoms. The SMILES string of the molecule is COc1ccc(C(OC[C@@H]2C[C@@H](OP(O)O)[C@H](n3ccc(=O)n4ccnc34)O2)(c2ccccc2)c2ccc(OC)cc2)cc1. The Morgan fingerprint density at radius 2 is 1.50 bits per heavy atom. The van der Waals surface area contributed by atoms with Crippen LogP contribution in [-0.4, -0.2) is 56.8 Å². The first-order chi connectivity index (χ1) is 21.4. The highest BCUT2D eigenvalue weighted by atomic mass is 31.2. The van der Waals surface area contributed by atoms with E-state index < -0.39 is 32.6 Å². The van der Waals surface area contributed by atoms with E-state index in [1.807, 2.05) is 78.9 Å². The fourth-order valence-electron chi connectivity index (χ4n) is 5.72. The lowest BCUT2D eigenvalue weighted by molar-refractivity contribution is -0.0840. The molecule has 1 saturated heterocycles. The van der Waals surface area contributed by atoms with Gasteiger partial charge in [-0.2, -0.15) is 0 Å². The summed E-state index contributed by atoms with van der Waals surface area (Å²) >= 11 is 0. The minimum Gasteiger partial charge on any atom is -0.497 e. The van der Waals surface area contributed by atoms with Crippen molar-refractivity contribution in [2.75, 3.05) is 20.8 Å². The Morgan fingerprint density at radius 1 is 0.886 bits per heavy atom. The van der Waals surface area contributed by atoms with E-state index in [0.717, 1.165) is 16.7 Å². The average molecular weight is 618 g/mol. The number of imidazole rings is 1. The molecule has 2 N–H and O–H groups in total. The number of benzene rings is 3. The number of methoxy groups -OCH3 is 2. The molecule has 0 radical (unpaired) electrons. The zero-order valence-corrected chi connectivity index (χ0v) is 25.0. The fourth-order valence-corrected chi connectivity index (χ4v) is 6.16. The van der Waals surface area contributed by atoms with Crippen LogP contribution in [0.25, 0.3) is 5.78 Å². The molecule has 0 amide bonds. The van der Waals surface area contributed by atoms with Gasteiger partial charge in [-0.15, -0.1) is 0 Å². The Hall–Kier alpha value is -4.09. The lowest BCUT2D eigenvalue weighted by Crippen LogP contribution is -2.35. The van der Waals surface area contributed by atoms with E-state index in [9.17, 15) is 14.6 Å². The molecule has 3 heterocycles. The molecule has 2 aromatic heterocycles. The van der Waals surface area contributed by atoms with E-state index in [1.165, 1.54) is 16.7 Å². The maximum absolute atomic E-state index is 12.4. The Balaban J connectivity index is 1.39. The first-order valence-electron chi connectivity index (χ1n) is 14.0. The van der Waals surface area contributed by atoms with Gasteiger partial charge >= 0.3 is 8.60 Å². The lowest BCUT2D eigenvalue weighted by Gasteiger charge is -2.37. The summed E-state index contributed by atoms with van der Waals surface area (Å²) in [5.74, 6) is 1.76. The van der Waals surface area contributed by atoms with Crippen LogP contribution in [0.5, 0.6) is 11.5 Å². The van der Waals surface area contributed by atoms with E-state index in [4.69, 9.17) is 23.5 Å². The first kappa shape index (κ1) is 30.0. The molecule has 0 unspecified atom stereocenters. The fraction of sp³-hybridized carbons (Fsp3) is 0.250. The van der Waals surface area contributed by atoms with Crippen LogP contribution in [0.4, 0.5) is 0 Å². The highest BCUT2D eigenvalue weighted by Crippen LogP contribution is 2.44. The van der Waals surface area contributed by atoms with Gasteiger partial charge < -0.3 is 33.3 Å². The number of rotatable bonds is 11. The number of hydrogen-bond donors (Lipinski definition) is 2. The van der Waals surface area contributed by atoms with Gasteiger partial charge in [0.2, 0.25) is 5.78 Å². The van der Waals surface area contributed by atoms with Crippen molar-refractivity contribution in [2.45, 2.75) is 30.5 Å². The Kier molecular flexibility index (Phi) is 8.76. The molecule has 0 saturated carbocycles. The highest BCUT2D eigenvalue weighted by molar-refractivity contribution is 7.39. The molecule has 3 atom stereocenters. The summed E-state index contributed by atoms with van der Waals surface area (Å²) in [6, 6.07) is 26.8. The van der Waals surface area contributed by atoms with Gasteiger partial charge in [-0.25, -0.2) is 4.98 Å². The molecule has 0 aliphatic carbocycles. The van der Waals surface area contributed by atoms with Gasteiger partial charge in [0.05, 0.1) is 26.9 Å². The van der Waals surface area contributed by atoms with Gasteiger partial charge in [-0.05, 0) is 41.0 Å². The van der Waals surface area contributed by atoms with Crippen LogP contribution in [0.2, 0.25) is 0 Å². The maximum Gasteiger partial charge on any atom is 0.327 e. The molecule has 11 nitrogen and oxygen atoms in total. The van der Waals surface area contributed by atoms with E-state index in [1.54, 1.807) is 31.2 Å². The third kappa shape index (κ3) is 5.73. The van der Waals surface area contributed by atoms with Crippen molar-refractivity contribution in [3.8, 4) is 11.5 Å². The van der Waals surface area contributed by atoms with Crippen LogP contribution >= 0.6 is 8.60 Å². The second kappa shape index (κ2) is 12.9. The van der Waals surface area contributed by atoms with Crippen LogP contribution in [0, 0.1) is 0 Å². The third-order valence-electron chi connectivity index (χ3n) is 7.78. The minimum absolute atomic E-state index is 0.114.